The number of rotatable bonds is 11. The van der Waals surface area contributed by atoms with Crippen LogP contribution in [0.3, 0.4) is 0 Å². The third kappa shape index (κ3) is 9.47. The van der Waals surface area contributed by atoms with Gasteiger partial charge in [-0.05, 0) is 30.9 Å². The molecule has 0 unspecified atom stereocenters. The van der Waals surface area contributed by atoms with Crippen LogP contribution in [-0.4, -0.2) is 67.7 Å². The van der Waals surface area contributed by atoms with E-state index in [4.69, 9.17) is 4.42 Å². The molecule has 4 rings (SSSR count). The lowest BCUT2D eigenvalue weighted by molar-refractivity contribution is -0.122. The summed E-state index contributed by atoms with van der Waals surface area (Å²) in [6.07, 6.45) is -3.11. The minimum Gasteiger partial charge on any atom is -0.434 e. The molecule has 9 nitrogen and oxygen atoms in total. The van der Waals surface area contributed by atoms with E-state index in [1.807, 2.05) is 13.8 Å². The summed E-state index contributed by atoms with van der Waals surface area (Å²) in [5.74, 6) is -2.93. The van der Waals surface area contributed by atoms with Crippen LogP contribution in [0.4, 0.5) is 13.2 Å². The van der Waals surface area contributed by atoms with Crippen LogP contribution in [0.15, 0.2) is 64.0 Å². The SMILES string of the molecule is CC.O=C(CNC(=O)[C@H](CS(=O)(=O)CC1CC1)NC(=NCC(F)(F)F)c1ccccc1)c1nc2ccccc2o1. The minimum absolute atomic E-state index is 0.00283. The van der Waals surface area contributed by atoms with Crippen LogP contribution < -0.4 is 10.6 Å². The van der Waals surface area contributed by atoms with E-state index in [1.165, 1.54) is 12.1 Å². The molecule has 2 aromatic carbocycles. The van der Waals surface area contributed by atoms with Gasteiger partial charge in [0.05, 0.1) is 18.1 Å². The van der Waals surface area contributed by atoms with Crippen LogP contribution in [0, 0.1) is 5.92 Å². The van der Waals surface area contributed by atoms with E-state index in [-0.39, 0.29) is 29.0 Å². The van der Waals surface area contributed by atoms with E-state index < -0.39 is 52.6 Å². The molecule has 1 aromatic heterocycles. The fourth-order valence-electron chi connectivity index (χ4n) is 3.66. The number of sulfone groups is 1. The molecular weight excluding hydrogens is 549 g/mol. The molecule has 1 saturated carbocycles. The molecule has 1 heterocycles. The molecule has 0 saturated heterocycles. The summed E-state index contributed by atoms with van der Waals surface area (Å²) >= 11 is 0. The van der Waals surface area contributed by atoms with Crippen molar-refractivity contribution in [2.75, 3.05) is 24.6 Å². The number of hydrogen-bond acceptors (Lipinski definition) is 7. The van der Waals surface area contributed by atoms with Crippen LogP contribution in [0.1, 0.15) is 42.9 Å². The van der Waals surface area contributed by atoms with Gasteiger partial charge in [-0.1, -0.05) is 56.3 Å². The number of fused-ring (bicyclic) bond motifs is 1. The van der Waals surface area contributed by atoms with Gasteiger partial charge < -0.3 is 15.1 Å². The second-order valence-electron chi connectivity index (χ2n) is 8.99. The van der Waals surface area contributed by atoms with Crippen molar-refractivity contribution in [2.45, 2.75) is 38.9 Å². The first-order valence-corrected chi connectivity index (χ1v) is 14.6. The highest BCUT2D eigenvalue weighted by Crippen LogP contribution is 2.30. The summed E-state index contributed by atoms with van der Waals surface area (Å²) in [4.78, 5) is 33.3. The fraction of sp³-hybridized carbons (Fsp3) is 0.407. The van der Waals surface area contributed by atoms with Gasteiger partial charge in [0.1, 0.15) is 23.9 Å². The third-order valence-electron chi connectivity index (χ3n) is 5.65. The molecule has 3 aromatic rings. The number of alkyl halides is 3. The molecule has 40 heavy (non-hydrogen) atoms. The molecule has 1 aliphatic rings. The average molecular weight is 581 g/mol. The number of para-hydroxylation sites is 2. The van der Waals surface area contributed by atoms with Gasteiger partial charge >= 0.3 is 6.18 Å². The molecule has 0 radical (unpaired) electrons. The zero-order chi connectivity index (χ0) is 29.3. The normalized spacial score (nSPS) is 14.7. The second kappa shape index (κ2) is 13.6. The van der Waals surface area contributed by atoms with Crippen molar-refractivity contribution >= 4 is 38.5 Å². The number of nitrogens with zero attached hydrogens (tertiary/aromatic N) is 2. The standard InChI is InChI=1S/C25H25F3N4O5S.C2H6/c26-25(27,28)15-30-22(17-6-2-1-3-7-17)31-19(14-38(35,36)13-16-10-11-16)23(34)29-12-20(33)24-32-18-8-4-5-9-21(18)37-24;1-2/h1-9,16,19H,10-15H2,(H,29,34)(H,30,31);1-2H3/t19-;/m0./s1. The molecule has 1 aliphatic carbocycles. The number of benzene rings is 2. The maximum atomic E-state index is 13.1. The quantitative estimate of drug-likeness (QED) is 0.200. The lowest BCUT2D eigenvalue weighted by Gasteiger charge is -2.21. The number of amidine groups is 1. The lowest BCUT2D eigenvalue weighted by atomic mass is 10.2. The van der Waals surface area contributed by atoms with Crippen LogP contribution in [-0.2, 0) is 14.6 Å². The molecule has 1 amide bonds. The Kier molecular flexibility index (Phi) is 10.4. The molecule has 2 N–H and O–H groups in total. The largest absolute Gasteiger partial charge is 0.434 e. The summed E-state index contributed by atoms with van der Waals surface area (Å²) in [6, 6.07) is 12.9. The molecule has 216 valence electrons. The minimum atomic E-state index is -4.62. The number of hydrogen-bond donors (Lipinski definition) is 2. The highest BCUT2D eigenvalue weighted by atomic mass is 32.2. The van der Waals surface area contributed by atoms with Crippen LogP contribution >= 0.6 is 0 Å². The Hall–Kier alpha value is -3.74. The molecule has 13 heteroatoms. The van der Waals surface area contributed by atoms with E-state index >= 15 is 0 Å². The van der Waals surface area contributed by atoms with Crippen molar-refractivity contribution in [2.24, 2.45) is 10.9 Å². The van der Waals surface area contributed by atoms with Gasteiger partial charge in [0.2, 0.25) is 11.7 Å². The highest BCUT2D eigenvalue weighted by Gasteiger charge is 2.33. The molecule has 1 atom stereocenters. The smallest absolute Gasteiger partial charge is 0.408 e. The summed E-state index contributed by atoms with van der Waals surface area (Å²) in [5.41, 5.74) is 1.05. The fourth-order valence-corrected chi connectivity index (χ4v) is 5.59. The number of ketones is 1. The van der Waals surface area contributed by atoms with Crippen LogP contribution in [0.25, 0.3) is 11.1 Å². The summed E-state index contributed by atoms with van der Waals surface area (Å²) in [5, 5.41) is 4.94. The second-order valence-corrected chi connectivity index (χ2v) is 11.1. The maximum absolute atomic E-state index is 13.1. The molecular formula is C27H31F3N4O5S. The summed E-state index contributed by atoms with van der Waals surface area (Å²) in [7, 11) is -3.76. The predicted octanol–water partition coefficient (Wildman–Crippen LogP) is 3.95. The topological polar surface area (TPSA) is 131 Å². The van der Waals surface area contributed by atoms with Crippen molar-refractivity contribution in [3.05, 3.63) is 66.1 Å². The van der Waals surface area contributed by atoms with Crippen molar-refractivity contribution in [1.29, 1.82) is 0 Å². The summed E-state index contributed by atoms with van der Waals surface area (Å²) < 4.78 is 69.7. The first-order valence-electron chi connectivity index (χ1n) is 12.8. The van der Waals surface area contributed by atoms with E-state index in [1.54, 1.807) is 42.5 Å². The van der Waals surface area contributed by atoms with Gasteiger partial charge in [-0.25, -0.2) is 13.4 Å². The average Bonchev–Trinajstić information content (AvgIpc) is 3.62. The number of carbonyl (C=O) groups is 2. The zero-order valence-corrected chi connectivity index (χ0v) is 22.9. The van der Waals surface area contributed by atoms with Crippen molar-refractivity contribution in [1.82, 2.24) is 15.6 Å². The first kappa shape index (κ1) is 30.8. The van der Waals surface area contributed by atoms with Gasteiger partial charge in [-0.3, -0.25) is 14.6 Å². The Balaban J connectivity index is 0.00000216. The molecule has 1 fully saturated rings. The van der Waals surface area contributed by atoms with Gasteiger partial charge in [-0.15, -0.1) is 0 Å². The van der Waals surface area contributed by atoms with E-state index in [2.05, 4.69) is 20.6 Å². The Labute approximate surface area is 230 Å². The predicted molar refractivity (Wildman–Crippen MR) is 145 cm³/mol. The number of aliphatic imine (C=N–C) groups is 1. The Morgan fingerprint density at radius 1 is 1.07 bits per heavy atom. The Bertz CT molecular complexity index is 1400. The van der Waals surface area contributed by atoms with Crippen molar-refractivity contribution in [3.63, 3.8) is 0 Å². The van der Waals surface area contributed by atoms with Crippen LogP contribution in [0.5, 0.6) is 0 Å². The van der Waals surface area contributed by atoms with E-state index in [0.717, 1.165) is 12.8 Å². The number of Topliss-reactive ketones (excluding diaryl/α,β-unsaturated/α-hetero) is 1. The lowest BCUT2D eigenvalue weighted by Crippen LogP contribution is -2.52. The van der Waals surface area contributed by atoms with Gasteiger partial charge in [0.15, 0.2) is 15.4 Å². The Morgan fingerprint density at radius 3 is 2.35 bits per heavy atom. The number of halogens is 3. The molecule has 0 aliphatic heterocycles. The monoisotopic (exact) mass is 580 g/mol. The van der Waals surface area contributed by atoms with Gasteiger partial charge in [-0.2, -0.15) is 13.2 Å². The van der Waals surface area contributed by atoms with E-state index in [0.29, 0.717) is 11.1 Å². The molecule has 0 bridgehead atoms. The number of nitrogens with one attached hydrogen (secondary N) is 2. The highest BCUT2D eigenvalue weighted by molar-refractivity contribution is 7.91. The van der Waals surface area contributed by atoms with Crippen molar-refractivity contribution in [3.8, 4) is 0 Å². The molecule has 0 spiro atoms. The maximum Gasteiger partial charge on any atom is 0.408 e. The van der Waals surface area contributed by atoms with Crippen molar-refractivity contribution < 1.29 is 35.6 Å². The number of oxazole rings is 1. The first-order chi connectivity index (χ1) is 19.0. The van der Waals surface area contributed by atoms with Gasteiger partial charge in [0.25, 0.3) is 5.89 Å². The summed E-state index contributed by atoms with van der Waals surface area (Å²) in [6.45, 7) is 1.90. The number of carbonyl (C=O) groups excluding carboxylic acids is 2. The number of aromatic nitrogens is 1. The van der Waals surface area contributed by atoms with Crippen LogP contribution in [0.2, 0.25) is 0 Å². The number of amides is 1. The zero-order valence-electron chi connectivity index (χ0n) is 22.1. The Morgan fingerprint density at radius 2 is 1.73 bits per heavy atom. The van der Waals surface area contributed by atoms with Gasteiger partial charge in [0, 0.05) is 5.56 Å². The third-order valence-corrected chi connectivity index (χ3v) is 7.47. The van der Waals surface area contributed by atoms with E-state index in [9.17, 15) is 31.2 Å².